The SMILES string of the molecule is CCC(C)(CCO)NCCC(C)(C)O. The average molecular weight is 203 g/mol. The van der Waals surface area contributed by atoms with Crippen LogP contribution in [0.15, 0.2) is 0 Å². The molecule has 0 aromatic heterocycles. The fraction of sp³-hybridized carbons (Fsp3) is 1.00. The van der Waals surface area contributed by atoms with Crippen LogP contribution in [0.4, 0.5) is 0 Å². The van der Waals surface area contributed by atoms with Crippen LogP contribution in [0, 0.1) is 0 Å². The number of hydrogen-bond donors (Lipinski definition) is 3. The van der Waals surface area contributed by atoms with Crippen molar-refractivity contribution in [3.63, 3.8) is 0 Å². The zero-order chi connectivity index (χ0) is 11.2. The fourth-order valence-corrected chi connectivity index (χ4v) is 1.31. The lowest BCUT2D eigenvalue weighted by Crippen LogP contribution is -2.44. The molecule has 0 aromatic carbocycles. The second-order valence-corrected chi connectivity index (χ2v) is 4.88. The van der Waals surface area contributed by atoms with Crippen LogP contribution in [0.3, 0.4) is 0 Å². The van der Waals surface area contributed by atoms with Gasteiger partial charge in [0.1, 0.15) is 0 Å². The minimum absolute atomic E-state index is 0.000000000000000222. The van der Waals surface area contributed by atoms with Crippen LogP contribution in [0.1, 0.15) is 47.0 Å². The highest BCUT2D eigenvalue weighted by Crippen LogP contribution is 2.14. The Labute approximate surface area is 87.5 Å². The second kappa shape index (κ2) is 5.69. The molecule has 0 aliphatic carbocycles. The van der Waals surface area contributed by atoms with Crippen LogP contribution >= 0.6 is 0 Å². The van der Waals surface area contributed by atoms with Gasteiger partial charge in [0.25, 0.3) is 0 Å². The van der Waals surface area contributed by atoms with Crippen molar-refractivity contribution < 1.29 is 10.2 Å². The molecule has 0 aliphatic rings. The Hall–Kier alpha value is -0.120. The molecule has 0 saturated carbocycles. The maximum atomic E-state index is 9.53. The Bertz CT molecular complexity index is 154. The van der Waals surface area contributed by atoms with Gasteiger partial charge in [0.15, 0.2) is 0 Å². The zero-order valence-electron chi connectivity index (χ0n) is 9.93. The van der Waals surface area contributed by atoms with E-state index in [4.69, 9.17) is 5.11 Å². The van der Waals surface area contributed by atoms with Gasteiger partial charge in [0, 0.05) is 12.1 Å². The van der Waals surface area contributed by atoms with Crippen LogP contribution in [0.2, 0.25) is 0 Å². The molecule has 3 nitrogen and oxygen atoms in total. The van der Waals surface area contributed by atoms with Gasteiger partial charge in [-0.2, -0.15) is 0 Å². The first-order valence-electron chi connectivity index (χ1n) is 5.41. The molecule has 86 valence electrons. The van der Waals surface area contributed by atoms with Crippen LogP contribution in [-0.2, 0) is 0 Å². The van der Waals surface area contributed by atoms with E-state index in [0.717, 1.165) is 25.8 Å². The van der Waals surface area contributed by atoms with E-state index in [9.17, 15) is 5.11 Å². The first kappa shape index (κ1) is 13.9. The van der Waals surface area contributed by atoms with Crippen LogP contribution < -0.4 is 5.32 Å². The Kier molecular flexibility index (Phi) is 5.64. The summed E-state index contributed by atoms with van der Waals surface area (Å²) in [6, 6.07) is 0. The third-order valence-corrected chi connectivity index (χ3v) is 2.73. The number of rotatable bonds is 7. The number of aliphatic hydroxyl groups excluding tert-OH is 1. The zero-order valence-corrected chi connectivity index (χ0v) is 9.93. The molecular weight excluding hydrogens is 178 g/mol. The van der Waals surface area contributed by atoms with Gasteiger partial charge in [0.2, 0.25) is 0 Å². The maximum Gasteiger partial charge on any atom is 0.0603 e. The first-order valence-corrected chi connectivity index (χ1v) is 5.41. The molecule has 0 radical (unpaired) electrons. The summed E-state index contributed by atoms with van der Waals surface area (Å²) in [5.41, 5.74) is -0.610. The lowest BCUT2D eigenvalue weighted by Gasteiger charge is -2.30. The number of aliphatic hydroxyl groups is 2. The Morgan fingerprint density at radius 1 is 1.14 bits per heavy atom. The largest absolute Gasteiger partial charge is 0.396 e. The Balaban J connectivity index is 3.84. The standard InChI is InChI=1S/C11H25NO2/c1-5-11(4,7-9-13)12-8-6-10(2,3)14/h12-14H,5-9H2,1-4H3. The summed E-state index contributed by atoms with van der Waals surface area (Å²) in [6.07, 6.45) is 2.47. The molecule has 0 saturated heterocycles. The molecule has 0 heterocycles. The predicted octanol–water partition coefficient (Wildman–Crippen LogP) is 1.29. The summed E-state index contributed by atoms with van der Waals surface area (Å²) in [5, 5.41) is 21.8. The fourth-order valence-electron chi connectivity index (χ4n) is 1.31. The minimum Gasteiger partial charge on any atom is -0.396 e. The van der Waals surface area contributed by atoms with Gasteiger partial charge in [0.05, 0.1) is 5.60 Å². The van der Waals surface area contributed by atoms with Gasteiger partial charge >= 0.3 is 0 Å². The van der Waals surface area contributed by atoms with Crippen LogP contribution in [-0.4, -0.2) is 34.5 Å². The molecule has 1 atom stereocenters. The van der Waals surface area contributed by atoms with Crippen molar-refractivity contribution in [2.75, 3.05) is 13.2 Å². The summed E-state index contributed by atoms with van der Waals surface area (Å²) in [5.74, 6) is 0. The highest BCUT2D eigenvalue weighted by atomic mass is 16.3. The molecule has 1 unspecified atom stereocenters. The molecule has 14 heavy (non-hydrogen) atoms. The van der Waals surface area contributed by atoms with Gasteiger partial charge in [-0.3, -0.25) is 0 Å². The predicted molar refractivity (Wildman–Crippen MR) is 59.3 cm³/mol. The second-order valence-electron chi connectivity index (χ2n) is 4.88. The maximum absolute atomic E-state index is 9.53. The van der Waals surface area contributed by atoms with E-state index in [1.54, 1.807) is 0 Å². The van der Waals surface area contributed by atoms with Crippen molar-refractivity contribution >= 4 is 0 Å². The van der Waals surface area contributed by atoms with Gasteiger partial charge in [-0.15, -0.1) is 0 Å². The highest BCUT2D eigenvalue weighted by molar-refractivity contribution is 4.82. The Morgan fingerprint density at radius 3 is 2.07 bits per heavy atom. The lowest BCUT2D eigenvalue weighted by atomic mass is 9.94. The van der Waals surface area contributed by atoms with Crippen molar-refractivity contribution in [1.29, 1.82) is 0 Å². The molecule has 3 heteroatoms. The summed E-state index contributed by atoms with van der Waals surface area (Å²) in [4.78, 5) is 0. The van der Waals surface area contributed by atoms with Crippen molar-refractivity contribution in [3.05, 3.63) is 0 Å². The molecular formula is C11H25NO2. The summed E-state index contributed by atoms with van der Waals surface area (Å²) in [6.45, 7) is 8.82. The van der Waals surface area contributed by atoms with E-state index in [1.807, 2.05) is 13.8 Å². The average Bonchev–Trinajstić information content (AvgIpc) is 2.02. The van der Waals surface area contributed by atoms with Crippen molar-refractivity contribution in [2.24, 2.45) is 0 Å². The number of nitrogens with one attached hydrogen (secondary N) is 1. The summed E-state index contributed by atoms with van der Waals surface area (Å²) < 4.78 is 0. The third-order valence-electron chi connectivity index (χ3n) is 2.73. The molecule has 0 fully saturated rings. The molecule has 0 aromatic rings. The van der Waals surface area contributed by atoms with Crippen molar-refractivity contribution in [3.8, 4) is 0 Å². The first-order chi connectivity index (χ1) is 6.33. The van der Waals surface area contributed by atoms with Crippen molar-refractivity contribution in [1.82, 2.24) is 5.32 Å². The van der Waals surface area contributed by atoms with E-state index >= 15 is 0 Å². The van der Waals surface area contributed by atoms with Gasteiger partial charge in [-0.1, -0.05) is 6.92 Å². The minimum atomic E-state index is -0.610. The quantitative estimate of drug-likeness (QED) is 0.584. The third kappa shape index (κ3) is 6.35. The smallest absolute Gasteiger partial charge is 0.0603 e. The molecule has 0 aliphatic heterocycles. The molecule has 0 bridgehead atoms. The molecule has 0 amide bonds. The van der Waals surface area contributed by atoms with E-state index in [-0.39, 0.29) is 12.1 Å². The van der Waals surface area contributed by atoms with Crippen LogP contribution in [0.5, 0.6) is 0 Å². The number of hydrogen-bond acceptors (Lipinski definition) is 3. The van der Waals surface area contributed by atoms with Gasteiger partial charge < -0.3 is 15.5 Å². The normalized spacial score (nSPS) is 16.7. The summed E-state index contributed by atoms with van der Waals surface area (Å²) in [7, 11) is 0. The topological polar surface area (TPSA) is 52.5 Å². The lowest BCUT2D eigenvalue weighted by molar-refractivity contribution is 0.0677. The van der Waals surface area contributed by atoms with Crippen LogP contribution in [0.25, 0.3) is 0 Å². The van der Waals surface area contributed by atoms with Gasteiger partial charge in [-0.05, 0) is 46.6 Å². The molecule has 0 rings (SSSR count). The van der Waals surface area contributed by atoms with E-state index in [0.29, 0.717) is 0 Å². The van der Waals surface area contributed by atoms with E-state index in [2.05, 4.69) is 19.2 Å². The van der Waals surface area contributed by atoms with E-state index in [1.165, 1.54) is 0 Å². The Morgan fingerprint density at radius 2 is 1.71 bits per heavy atom. The summed E-state index contributed by atoms with van der Waals surface area (Å²) >= 11 is 0. The van der Waals surface area contributed by atoms with Gasteiger partial charge in [-0.25, -0.2) is 0 Å². The highest BCUT2D eigenvalue weighted by Gasteiger charge is 2.21. The molecule has 3 N–H and O–H groups in total. The van der Waals surface area contributed by atoms with Crippen molar-refractivity contribution in [2.45, 2.75) is 58.1 Å². The monoisotopic (exact) mass is 203 g/mol. The molecule has 0 spiro atoms. The van der Waals surface area contributed by atoms with E-state index < -0.39 is 5.60 Å².